The van der Waals surface area contributed by atoms with E-state index in [9.17, 15) is 4.79 Å². The van der Waals surface area contributed by atoms with Crippen molar-refractivity contribution in [1.82, 2.24) is 9.78 Å². The standard InChI is InChI=1S/C16H12N4OS4/c1-10(13(21)18-14-11(9-17)7-8-23-14)24-15-19-20(16(22)25-15)12-5-3-2-4-6-12/h2-8,10H,1H3,(H,18,21)/t10-/m0/s1. The summed E-state index contributed by atoms with van der Waals surface area (Å²) in [5.41, 5.74) is 1.37. The van der Waals surface area contributed by atoms with Crippen LogP contribution in [0, 0.1) is 15.3 Å². The van der Waals surface area contributed by atoms with Crippen molar-refractivity contribution in [2.24, 2.45) is 0 Å². The van der Waals surface area contributed by atoms with E-state index in [1.807, 2.05) is 30.3 Å². The first-order valence-corrected chi connectivity index (χ1v) is 10.2. The average molecular weight is 405 g/mol. The van der Waals surface area contributed by atoms with E-state index in [0.717, 1.165) is 10.0 Å². The molecule has 3 aromatic rings. The molecule has 0 unspecified atom stereocenters. The minimum Gasteiger partial charge on any atom is -0.316 e. The molecule has 0 saturated carbocycles. The Morgan fingerprint density at radius 3 is 2.88 bits per heavy atom. The molecule has 0 fully saturated rings. The second-order valence-electron chi connectivity index (χ2n) is 4.91. The minimum atomic E-state index is -0.363. The van der Waals surface area contributed by atoms with Crippen molar-refractivity contribution in [1.29, 1.82) is 5.26 Å². The summed E-state index contributed by atoms with van der Waals surface area (Å²) in [6.07, 6.45) is 0. The van der Waals surface area contributed by atoms with Gasteiger partial charge in [-0.1, -0.05) is 41.3 Å². The van der Waals surface area contributed by atoms with Crippen LogP contribution in [0.15, 0.2) is 46.1 Å². The molecule has 0 spiro atoms. The Morgan fingerprint density at radius 2 is 2.16 bits per heavy atom. The van der Waals surface area contributed by atoms with E-state index < -0.39 is 0 Å². The summed E-state index contributed by atoms with van der Waals surface area (Å²) < 4.78 is 3.05. The molecule has 0 aliphatic rings. The zero-order valence-electron chi connectivity index (χ0n) is 13.0. The first kappa shape index (κ1) is 17.8. The number of para-hydroxylation sites is 1. The van der Waals surface area contributed by atoms with Gasteiger partial charge in [-0.2, -0.15) is 5.26 Å². The Labute approximate surface area is 161 Å². The third-order valence-electron chi connectivity index (χ3n) is 3.20. The van der Waals surface area contributed by atoms with E-state index in [2.05, 4.69) is 16.5 Å². The van der Waals surface area contributed by atoms with Crippen LogP contribution in [0.25, 0.3) is 5.69 Å². The second-order valence-corrected chi connectivity index (χ2v) is 9.03. The van der Waals surface area contributed by atoms with Crippen LogP contribution >= 0.6 is 46.7 Å². The number of carbonyl (C=O) groups excluding carboxylic acids is 1. The number of hydrogen-bond acceptors (Lipinski definition) is 7. The van der Waals surface area contributed by atoms with Crippen molar-refractivity contribution in [2.75, 3.05) is 5.32 Å². The van der Waals surface area contributed by atoms with Gasteiger partial charge < -0.3 is 5.32 Å². The van der Waals surface area contributed by atoms with E-state index in [1.54, 1.807) is 23.1 Å². The number of nitrogens with one attached hydrogen (secondary N) is 1. The molecule has 0 aliphatic carbocycles. The molecule has 1 amide bonds. The van der Waals surface area contributed by atoms with Crippen LogP contribution in [-0.4, -0.2) is 20.9 Å². The van der Waals surface area contributed by atoms with Crippen LogP contribution in [0.1, 0.15) is 12.5 Å². The number of nitriles is 1. The summed E-state index contributed by atoms with van der Waals surface area (Å²) in [6.45, 7) is 1.80. The Balaban J connectivity index is 1.71. The normalized spacial score (nSPS) is 11.7. The van der Waals surface area contributed by atoms with Crippen LogP contribution in [0.2, 0.25) is 0 Å². The summed E-state index contributed by atoms with van der Waals surface area (Å²) in [7, 11) is 0. The Hall–Kier alpha value is -1.99. The predicted molar refractivity (Wildman–Crippen MR) is 105 cm³/mol. The average Bonchev–Trinajstić information content (AvgIpc) is 3.21. The van der Waals surface area contributed by atoms with Crippen LogP contribution in [0.4, 0.5) is 5.00 Å². The molecule has 25 heavy (non-hydrogen) atoms. The number of thioether (sulfide) groups is 1. The van der Waals surface area contributed by atoms with Crippen LogP contribution in [0.3, 0.4) is 0 Å². The van der Waals surface area contributed by atoms with Gasteiger partial charge in [0.1, 0.15) is 11.1 Å². The predicted octanol–water partition coefficient (Wildman–Crippen LogP) is 4.72. The molecular formula is C16H12N4OS4. The van der Waals surface area contributed by atoms with Crippen molar-refractivity contribution in [3.8, 4) is 11.8 Å². The Bertz CT molecular complexity index is 983. The molecule has 0 saturated heterocycles. The minimum absolute atomic E-state index is 0.170. The number of aromatic nitrogens is 2. The van der Waals surface area contributed by atoms with Gasteiger partial charge in [-0.05, 0) is 42.7 Å². The van der Waals surface area contributed by atoms with Crippen molar-refractivity contribution in [2.45, 2.75) is 16.5 Å². The van der Waals surface area contributed by atoms with Gasteiger partial charge in [0.15, 0.2) is 8.29 Å². The Morgan fingerprint density at radius 1 is 1.40 bits per heavy atom. The summed E-state index contributed by atoms with van der Waals surface area (Å²) in [5.74, 6) is -0.170. The monoisotopic (exact) mass is 404 g/mol. The highest BCUT2D eigenvalue weighted by atomic mass is 32.2. The maximum atomic E-state index is 12.4. The lowest BCUT2D eigenvalue weighted by Crippen LogP contribution is -2.22. The van der Waals surface area contributed by atoms with Gasteiger partial charge in [-0.25, -0.2) is 4.68 Å². The molecule has 1 atom stereocenters. The quantitative estimate of drug-likeness (QED) is 0.492. The number of anilines is 1. The third-order valence-corrected chi connectivity index (χ3v) is 6.45. The maximum absolute atomic E-state index is 12.4. The number of nitrogens with zero attached hydrogens (tertiary/aromatic N) is 3. The highest BCUT2D eigenvalue weighted by Gasteiger charge is 2.19. The fourth-order valence-corrected chi connectivity index (χ4v) is 5.20. The van der Waals surface area contributed by atoms with Gasteiger partial charge >= 0.3 is 0 Å². The zero-order chi connectivity index (χ0) is 17.8. The smallest absolute Gasteiger partial charge is 0.238 e. The SMILES string of the molecule is C[C@H](Sc1nn(-c2ccccc2)c(=S)s1)C(=O)Nc1sccc1C#N. The molecule has 2 heterocycles. The number of thiophene rings is 1. The summed E-state index contributed by atoms with van der Waals surface area (Å²) in [4.78, 5) is 12.4. The van der Waals surface area contributed by atoms with Crippen LogP contribution < -0.4 is 5.32 Å². The molecule has 0 aliphatic heterocycles. The molecular weight excluding hydrogens is 392 g/mol. The zero-order valence-corrected chi connectivity index (χ0v) is 16.3. The Kier molecular flexibility index (Phi) is 5.65. The van der Waals surface area contributed by atoms with Gasteiger partial charge in [0.2, 0.25) is 5.91 Å². The largest absolute Gasteiger partial charge is 0.316 e. The number of amides is 1. The lowest BCUT2D eigenvalue weighted by molar-refractivity contribution is -0.115. The van der Waals surface area contributed by atoms with Gasteiger partial charge in [-0.3, -0.25) is 4.79 Å². The van der Waals surface area contributed by atoms with E-state index in [0.29, 0.717) is 14.5 Å². The molecule has 0 bridgehead atoms. The fraction of sp³-hybridized carbons (Fsp3) is 0.125. The van der Waals surface area contributed by atoms with Crippen molar-refractivity contribution in [3.63, 3.8) is 0 Å². The maximum Gasteiger partial charge on any atom is 0.238 e. The highest BCUT2D eigenvalue weighted by molar-refractivity contribution is 8.02. The van der Waals surface area contributed by atoms with E-state index in [1.165, 1.54) is 34.4 Å². The third kappa shape index (κ3) is 4.16. The molecule has 2 aromatic heterocycles. The van der Waals surface area contributed by atoms with Crippen molar-refractivity contribution < 1.29 is 4.79 Å². The number of carbonyl (C=O) groups is 1. The molecule has 1 N–H and O–H groups in total. The topological polar surface area (TPSA) is 70.7 Å². The van der Waals surface area contributed by atoms with Gasteiger partial charge in [-0.15, -0.1) is 16.4 Å². The molecule has 126 valence electrons. The molecule has 0 radical (unpaired) electrons. The lowest BCUT2D eigenvalue weighted by Gasteiger charge is -2.09. The number of benzene rings is 1. The van der Waals surface area contributed by atoms with Crippen molar-refractivity contribution in [3.05, 3.63) is 51.3 Å². The van der Waals surface area contributed by atoms with E-state index in [-0.39, 0.29) is 11.2 Å². The highest BCUT2D eigenvalue weighted by Crippen LogP contribution is 2.29. The van der Waals surface area contributed by atoms with E-state index in [4.69, 9.17) is 17.5 Å². The second kappa shape index (κ2) is 7.93. The summed E-state index contributed by atoms with van der Waals surface area (Å²) in [6, 6.07) is 13.4. The summed E-state index contributed by atoms with van der Waals surface area (Å²) >= 11 is 9.42. The molecule has 3 rings (SSSR count). The summed E-state index contributed by atoms with van der Waals surface area (Å²) in [5, 5.41) is 18.3. The molecule has 1 aromatic carbocycles. The first-order valence-electron chi connectivity index (χ1n) is 7.19. The van der Waals surface area contributed by atoms with Gasteiger partial charge in [0, 0.05) is 0 Å². The van der Waals surface area contributed by atoms with Crippen LogP contribution in [0.5, 0.6) is 0 Å². The first-order chi connectivity index (χ1) is 12.1. The lowest BCUT2D eigenvalue weighted by atomic mass is 10.3. The van der Waals surface area contributed by atoms with Crippen LogP contribution in [-0.2, 0) is 4.79 Å². The van der Waals surface area contributed by atoms with Crippen molar-refractivity contribution >= 4 is 57.6 Å². The van der Waals surface area contributed by atoms with Gasteiger partial charge in [0.05, 0.1) is 16.5 Å². The molecule has 9 heteroatoms. The fourth-order valence-electron chi connectivity index (χ4n) is 1.95. The number of hydrogen-bond donors (Lipinski definition) is 1. The molecule has 5 nitrogen and oxygen atoms in total. The van der Waals surface area contributed by atoms with E-state index >= 15 is 0 Å². The number of rotatable bonds is 5. The van der Waals surface area contributed by atoms with Gasteiger partial charge in [0.25, 0.3) is 0 Å².